The molecule has 17 heavy (non-hydrogen) atoms. The number of fused-ring (bicyclic) bond motifs is 1. The summed E-state index contributed by atoms with van der Waals surface area (Å²) in [6.07, 6.45) is 0. The Hall–Kier alpha value is -1.77. The summed E-state index contributed by atoms with van der Waals surface area (Å²) in [7, 11) is 0. The van der Waals surface area contributed by atoms with Gasteiger partial charge in [0.1, 0.15) is 0 Å². The molecule has 0 fully saturated rings. The van der Waals surface area contributed by atoms with E-state index in [2.05, 4.69) is 24.1 Å². The molecular weight excluding hydrogens is 212 g/mol. The van der Waals surface area contributed by atoms with E-state index in [1.165, 1.54) is 0 Å². The number of nitrogens with one attached hydrogen (secondary N) is 1. The Balaban J connectivity index is 2.51. The fourth-order valence-corrected chi connectivity index (χ4v) is 2.33. The molecule has 1 aromatic carbocycles. The van der Waals surface area contributed by atoms with Gasteiger partial charge in [0, 0.05) is 30.0 Å². The molecule has 0 unspecified atom stereocenters. The highest BCUT2D eigenvalue weighted by Crippen LogP contribution is 2.34. The Bertz CT molecular complexity index is 473. The van der Waals surface area contributed by atoms with Crippen LogP contribution in [0.25, 0.3) is 5.57 Å². The number of hydrogen-bond donors (Lipinski definition) is 1. The van der Waals surface area contributed by atoms with Crippen molar-refractivity contribution in [1.82, 2.24) is 4.90 Å². The van der Waals surface area contributed by atoms with E-state index >= 15 is 0 Å². The molecule has 90 valence electrons. The van der Waals surface area contributed by atoms with E-state index in [1.807, 2.05) is 31.2 Å². The second-order valence-corrected chi connectivity index (χ2v) is 4.13. The maximum absolute atomic E-state index is 12.0. The fourth-order valence-electron chi connectivity index (χ4n) is 2.33. The predicted octanol–water partition coefficient (Wildman–Crippen LogP) is 2.71. The first-order valence-corrected chi connectivity index (χ1v) is 6.05. The Kier molecular flexibility index (Phi) is 3.18. The summed E-state index contributed by atoms with van der Waals surface area (Å²) in [6.45, 7) is 8.06. The van der Waals surface area contributed by atoms with E-state index in [0.29, 0.717) is 0 Å². The van der Waals surface area contributed by atoms with Gasteiger partial charge in [-0.2, -0.15) is 0 Å². The van der Waals surface area contributed by atoms with E-state index in [4.69, 9.17) is 0 Å². The average Bonchev–Trinajstić information content (AvgIpc) is 2.66. The summed E-state index contributed by atoms with van der Waals surface area (Å²) in [4.78, 5) is 14.2. The third-order valence-corrected chi connectivity index (χ3v) is 3.27. The molecule has 0 aliphatic carbocycles. The van der Waals surface area contributed by atoms with Gasteiger partial charge < -0.3 is 10.2 Å². The normalized spacial score (nSPS) is 16.5. The highest BCUT2D eigenvalue weighted by molar-refractivity contribution is 6.32. The van der Waals surface area contributed by atoms with Crippen molar-refractivity contribution >= 4 is 17.2 Å². The molecule has 3 heteroatoms. The molecule has 1 amide bonds. The number of amides is 1. The highest BCUT2D eigenvalue weighted by atomic mass is 16.2. The second kappa shape index (κ2) is 4.62. The van der Waals surface area contributed by atoms with Crippen LogP contribution in [-0.2, 0) is 4.79 Å². The van der Waals surface area contributed by atoms with Crippen molar-refractivity contribution in [2.24, 2.45) is 0 Å². The summed E-state index contributed by atoms with van der Waals surface area (Å²) in [5.41, 5.74) is 3.79. The maximum Gasteiger partial charge on any atom is 0.258 e. The van der Waals surface area contributed by atoms with E-state index in [1.54, 1.807) is 0 Å². The lowest BCUT2D eigenvalue weighted by Crippen LogP contribution is -2.23. The molecule has 1 aliphatic heterocycles. The molecule has 1 heterocycles. The van der Waals surface area contributed by atoms with Gasteiger partial charge in [0.2, 0.25) is 0 Å². The zero-order chi connectivity index (χ0) is 12.4. The largest absolute Gasteiger partial charge is 0.375 e. The van der Waals surface area contributed by atoms with Gasteiger partial charge in [-0.15, -0.1) is 0 Å². The second-order valence-electron chi connectivity index (χ2n) is 4.13. The smallest absolute Gasteiger partial charge is 0.258 e. The number of carbonyl (C=O) groups excluding carboxylic acids is 1. The number of allylic oxidation sites excluding steroid dienone is 1. The van der Waals surface area contributed by atoms with Gasteiger partial charge in [-0.3, -0.25) is 4.79 Å². The van der Waals surface area contributed by atoms with Crippen molar-refractivity contribution in [3.05, 3.63) is 35.5 Å². The van der Waals surface area contributed by atoms with Crippen molar-refractivity contribution < 1.29 is 4.79 Å². The van der Waals surface area contributed by atoms with E-state index in [0.717, 1.165) is 35.6 Å². The summed E-state index contributed by atoms with van der Waals surface area (Å²) >= 11 is 0. The van der Waals surface area contributed by atoms with Gasteiger partial charge in [-0.05, 0) is 26.8 Å². The third kappa shape index (κ3) is 1.93. The topological polar surface area (TPSA) is 32.3 Å². The minimum absolute atomic E-state index is 0.00981. The lowest BCUT2D eigenvalue weighted by Gasteiger charge is -2.23. The standard InChI is InChI=1S/C14H18N2O/c1-4-16(5-2)10(3)13-11-8-6-7-9-12(11)15-14(13)17/h6-9H,4-5H2,1-3H3,(H,15,17). The summed E-state index contributed by atoms with van der Waals surface area (Å²) in [5, 5.41) is 2.91. The SMILES string of the molecule is CCN(CC)C(C)=C1C(=O)Nc2ccccc21. The number of benzene rings is 1. The Morgan fingerprint density at radius 1 is 1.24 bits per heavy atom. The first-order chi connectivity index (χ1) is 8.19. The molecule has 2 rings (SSSR count). The molecule has 1 aliphatic rings. The number of nitrogens with zero attached hydrogens (tertiary/aromatic N) is 1. The van der Waals surface area contributed by atoms with Crippen molar-refractivity contribution in [3.8, 4) is 0 Å². The lowest BCUT2D eigenvalue weighted by molar-refractivity contribution is -0.110. The van der Waals surface area contributed by atoms with Gasteiger partial charge in [0.05, 0.1) is 5.57 Å². The quantitative estimate of drug-likeness (QED) is 0.810. The zero-order valence-corrected chi connectivity index (χ0v) is 10.6. The van der Waals surface area contributed by atoms with Gasteiger partial charge >= 0.3 is 0 Å². The van der Waals surface area contributed by atoms with Crippen LogP contribution in [0.5, 0.6) is 0 Å². The van der Waals surface area contributed by atoms with Crippen LogP contribution in [-0.4, -0.2) is 23.9 Å². The summed E-state index contributed by atoms with van der Waals surface area (Å²) in [6, 6.07) is 7.84. The van der Waals surface area contributed by atoms with Crippen LogP contribution in [0, 0.1) is 0 Å². The van der Waals surface area contributed by atoms with Crippen LogP contribution in [0.1, 0.15) is 26.3 Å². The molecule has 0 radical (unpaired) electrons. The number of anilines is 1. The van der Waals surface area contributed by atoms with Crippen molar-refractivity contribution in [2.45, 2.75) is 20.8 Å². The van der Waals surface area contributed by atoms with Crippen LogP contribution in [0.4, 0.5) is 5.69 Å². The molecule has 0 saturated carbocycles. The minimum Gasteiger partial charge on any atom is -0.375 e. The van der Waals surface area contributed by atoms with Crippen LogP contribution >= 0.6 is 0 Å². The maximum atomic E-state index is 12.0. The molecule has 0 saturated heterocycles. The predicted molar refractivity (Wildman–Crippen MR) is 70.6 cm³/mol. The van der Waals surface area contributed by atoms with Crippen LogP contribution in [0.2, 0.25) is 0 Å². The van der Waals surface area contributed by atoms with Gasteiger partial charge in [-0.1, -0.05) is 18.2 Å². The highest BCUT2D eigenvalue weighted by Gasteiger charge is 2.26. The number of hydrogen-bond acceptors (Lipinski definition) is 2. The Morgan fingerprint density at radius 2 is 1.88 bits per heavy atom. The molecule has 0 spiro atoms. The number of rotatable bonds is 3. The van der Waals surface area contributed by atoms with Crippen LogP contribution < -0.4 is 5.32 Å². The van der Waals surface area contributed by atoms with Gasteiger partial charge in [0.25, 0.3) is 5.91 Å². The zero-order valence-electron chi connectivity index (χ0n) is 10.6. The molecule has 1 aromatic rings. The van der Waals surface area contributed by atoms with Gasteiger partial charge in [-0.25, -0.2) is 0 Å². The number of carbonyl (C=O) groups is 1. The van der Waals surface area contributed by atoms with Gasteiger partial charge in [0.15, 0.2) is 0 Å². The molecular formula is C14H18N2O. The first kappa shape index (κ1) is 11.7. The molecule has 0 bridgehead atoms. The van der Waals surface area contributed by atoms with E-state index in [9.17, 15) is 4.79 Å². The molecule has 3 nitrogen and oxygen atoms in total. The number of para-hydroxylation sites is 1. The minimum atomic E-state index is 0.00981. The Morgan fingerprint density at radius 3 is 2.53 bits per heavy atom. The summed E-state index contributed by atoms with van der Waals surface area (Å²) in [5.74, 6) is 0.00981. The van der Waals surface area contributed by atoms with E-state index in [-0.39, 0.29) is 5.91 Å². The first-order valence-electron chi connectivity index (χ1n) is 6.05. The lowest BCUT2D eigenvalue weighted by atomic mass is 10.0. The van der Waals surface area contributed by atoms with Crippen LogP contribution in [0.15, 0.2) is 30.0 Å². The van der Waals surface area contributed by atoms with Crippen molar-refractivity contribution in [2.75, 3.05) is 18.4 Å². The fraction of sp³-hybridized carbons (Fsp3) is 0.357. The monoisotopic (exact) mass is 230 g/mol. The third-order valence-electron chi connectivity index (χ3n) is 3.27. The summed E-state index contributed by atoms with van der Waals surface area (Å²) < 4.78 is 0. The van der Waals surface area contributed by atoms with Crippen LogP contribution in [0.3, 0.4) is 0 Å². The molecule has 0 aromatic heterocycles. The molecule has 1 N–H and O–H groups in total. The van der Waals surface area contributed by atoms with Crippen molar-refractivity contribution in [3.63, 3.8) is 0 Å². The van der Waals surface area contributed by atoms with Crippen molar-refractivity contribution in [1.29, 1.82) is 0 Å². The average molecular weight is 230 g/mol. The molecule has 0 atom stereocenters. The van der Waals surface area contributed by atoms with E-state index < -0.39 is 0 Å². The Labute approximate surface area is 102 Å².